The average Bonchev–Trinajstić information content (AvgIpc) is 2.75. The zero-order valence-corrected chi connectivity index (χ0v) is 9.98. The van der Waals surface area contributed by atoms with Gasteiger partial charge in [0.25, 0.3) is 0 Å². The van der Waals surface area contributed by atoms with Crippen LogP contribution in [0.1, 0.15) is 27.6 Å². The Labute approximate surface area is 108 Å². The Hall–Kier alpha value is -2.48. The van der Waals surface area contributed by atoms with Gasteiger partial charge < -0.3 is 4.42 Å². The molecule has 0 aliphatic heterocycles. The zero-order chi connectivity index (χ0) is 14.0. The molecule has 1 atom stereocenters. The molecule has 1 heterocycles. The minimum absolute atomic E-state index is 0.0243. The zero-order valence-electron chi connectivity index (χ0n) is 9.98. The SMILES string of the molecule is Cc1ccoc1C(=O)C(C#N)c1cc(F)cc(F)c1. The highest BCUT2D eigenvalue weighted by atomic mass is 19.1. The van der Waals surface area contributed by atoms with Gasteiger partial charge in [-0.25, -0.2) is 8.78 Å². The van der Waals surface area contributed by atoms with Crippen molar-refractivity contribution in [1.82, 2.24) is 0 Å². The van der Waals surface area contributed by atoms with E-state index in [2.05, 4.69) is 0 Å². The highest BCUT2D eigenvalue weighted by molar-refractivity contribution is 6.01. The summed E-state index contributed by atoms with van der Waals surface area (Å²) in [5.74, 6) is -3.56. The first-order valence-corrected chi connectivity index (χ1v) is 5.47. The van der Waals surface area contributed by atoms with Crippen LogP contribution < -0.4 is 0 Å². The van der Waals surface area contributed by atoms with Gasteiger partial charge in [-0.05, 0) is 36.2 Å². The molecule has 19 heavy (non-hydrogen) atoms. The number of rotatable bonds is 3. The van der Waals surface area contributed by atoms with Crippen LogP contribution in [-0.2, 0) is 0 Å². The predicted molar refractivity (Wildman–Crippen MR) is 62.5 cm³/mol. The number of carbonyl (C=O) groups is 1. The van der Waals surface area contributed by atoms with E-state index >= 15 is 0 Å². The summed E-state index contributed by atoms with van der Waals surface area (Å²) in [6, 6.07) is 5.93. The van der Waals surface area contributed by atoms with Crippen LogP contribution in [0, 0.1) is 29.9 Å². The van der Waals surface area contributed by atoms with E-state index in [0.717, 1.165) is 12.1 Å². The van der Waals surface area contributed by atoms with Crippen molar-refractivity contribution < 1.29 is 18.0 Å². The number of hydrogen-bond acceptors (Lipinski definition) is 3. The quantitative estimate of drug-likeness (QED) is 0.796. The first kappa shape index (κ1) is 13.0. The molecule has 0 fully saturated rings. The minimum atomic E-state index is -1.30. The van der Waals surface area contributed by atoms with E-state index in [-0.39, 0.29) is 11.3 Å². The van der Waals surface area contributed by atoms with Gasteiger partial charge in [-0.3, -0.25) is 4.79 Å². The van der Waals surface area contributed by atoms with Crippen LogP contribution in [0.2, 0.25) is 0 Å². The Morgan fingerprint density at radius 1 is 1.32 bits per heavy atom. The molecule has 0 bridgehead atoms. The lowest BCUT2D eigenvalue weighted by Gasteiger charge is -2.08. The van der Waals surface area contributed by atoms with E-state index < -0.39 is 23.3 Å². The third-order valence-electron chi connectivity index (χ3n) is 2.70. The second-order valence-electron chi connectivity index (χ2n) is 4.06. The third-order valence-corrected chi connectivity index (χ3v) is 2.70. The summed E-state index contributed by atoms with van der Waals surface area (Å²) in [7, 11) is 0. The fourth-order valence-electron chi connectivity index (χ4n) is 1.78. The van der Waals surface area contributed by atoms with E-state index in [9.17, 15) is 13.6 Å². The lowest BCUT2D eigenvalue weighted by atomic mass is 9.93. The molecule has 1 aromatic carbocycles. The largest absolute Gasteiger partial charge is 0.461 e. The Morgan fingerprint density at radius 3 is 2.42 bits per heavy atom. The van der Waals surface area contributed by atoms with Crippen LogP contribution in [0.4, 0.5) is 8.78 Å². The van der Waals surface area contributed by atoms with Crippen molar-refractivity contribution in [3.63, 3.8) is 0 Å². The third kappa shape index (κ3) is 2.52. The van der Waals surface area contributed by atoms with Crippen molar-refractivity contribution in [2.24, 2.45) is 0 Å². The molecule has 1 unspecified atom stereocenters. The van der Waals surface area contributed by atoms with Crippen molar-refractivity contribution in [1.29, 1.82) is 5.26 Å². The summed E-state index contributed by atoms with van der Waals surface area (Å²) in [4.78, 5) is 12.1. The van der Waals surface area contributed by atoms with Gasteiger partial charge in [-0.15, -0.1) is 0 Å². The molecule has 0 aliphatic rings. The molecule has 3 nitrogen and oxygen atoms in total. The number of hydrogen-bond donors (Lipinski definition) is 0. The van der Waals surface area contributed by atoms with Gasteiger partial charge in [-0.1, -0.05) is 0 Å². The van der Waals surface area contributed by atoms with Crippen LogP contribution in [0.25, 0.3) is 0 Å². The molecule has 5 heteroatoms. The fraction of sp³-hybridized carbons (Fsp3) is 0.143. The second-order valence-corrected chi connectivity index (χ2v) is 4.06. The number of carbonyl (C=O) groups excluding carboxylic acids is 1. The topological polar surface area (TPSA) is 54.0 Å². The highest BCUT2D eigenvalue weighted by Crippen LogP contribution is 2.24. The molecule has 0 aliphatic carbocycles. The number of Topliss-reactive ketones (excluding diaryl/α,β-unsaturated/α-hetero) is 1. The number of aryl methyl sites for hydroxylation is 1. The van der Waals surface area contributed by atoms with Crippen molar-refractivity contribution in [2.45, 2.75) is 12.8 Å². The average molecular weight is 261 g/mol. The van der Waals surface area contributed by atoms with Gasteiger partial charge in [0.15, 0.2) is 5.76 Å². The van der Waals surface area contributed by atoms with Gasteiger partial charge >= 0.3 is 0 Å². The summed E-state index contributed by atoms with van der Waals surface area (Å²) >= 11 is 0. The Kier molecular flexibility index (Phi) is 3.43. The van der Waals surface area contributed by atoms with E-state index in [1.807, 2.05) is 0 Å². The minimum Gasteiger partial charge on any atom is -0.461 e. The molecule has 0 saturated heterocycles. The normalized spacial score (nSPS) is 11.9. The molecular weight excluding hydrogens is 252 g/mol. The number of nitriles is 1. The first-order chi connectivity index (χ1) is 9.02. The molecule has 0 N–H and O–H groups in total. The van der Waals surface area contributed by atoms with Crippen LogP contribution in [0.3, 0.4) is 0 Å². The van der Waals surface area contributed by atoms with Crippen LogP contribution in [-0.4, -0.2) is 5.78 Å². The molecule has 0 saturated carbocycles. The molecule has 0 radical (unpaired) electrons. The van der Waals surface area contributed by atoms with Crippen LogP contribution in [0.5, 0.6) is 0 Å². The number of nitrogens with zero attached hydrogens (tertiary/aromatic N) is 1. The van der Waals surface area contributed by atoms with E-state index in [4.69, 9.17) is 9.68 Å². The van der Waals surface area contributed by atoms with Gasteiger partial charge in [0, 0.05) is 6.07 Å². The van der Waals surface area contributed by atoms with E-state index in [1.54, 1.807) is 19.1 Å². The standard InChI is InChI=1S/C14H9F2NO2/c1-8-2-3-19-14(8)13(18)12(7-17)9-4-10(15)6-11(16)5-9/h2-6,12H,1H3. The van der Waals surface area contributed by atoms with E-state index in [1.165, 1.54) is 6.26 Å². The van der Waals surface area contributed by atoms with Crippen LogP contribution in [0.15, 0.2) is 34.9 Å². The Morgan fingerprint density at radius 2 is 1.95 bits per heavy atom. The van der Waals surface area contributed by atoms with Gasteiger partial charge in [0.05, 0.1) is 12.3 Å². The maximum Gasteiger partial charge on any atom is 0.219 e. The van der Waals surface area contributed by atoms with Crippen molar-refractivity contribution in [3.05, 3.63) is 59.1 Å². The smallest absolute Gasteiger partial charge is 0.219 e. The Bertz CT molecular complexity index is 650. The summed E-state index contributed by atoms with van der Waals surface area (Å²) in [6.45, 7) is 1.65. The number of halogens is 2. The lowest BCUT2D eigenvalue weighted by molar-refractivity contribution is 0.0951. The maximum atomic E-state index is 13.1. The van der Waals surface area contributed by atoms with Gasteiger partial charge in [-0.2, -0.15) is 5.26 Å². The van der Waals surface area contributed by atoms with Crippen LogP contribution >= 0.6 is 0 Å². The fourth-order valence-corrected chi connectivity index (χ4v) is 1.78. The molecule has 2 rings (SSSR count). The summed E-state index contributed by atoms with van der Waals surface area (Å²) in [5, 5.41) is 9.06. The lowest BCUT2D eigenvalue weighted by Crippen LogP contribution is -2.12. The van der Waals surface area contributed by atoms with E-state index in [0.29, 0.717) is 11.6 Å². The maximum absolute atomic E-state index is 13.1. The van der Waals surface area contributed by atoms with Gasteiger partial charge in [0.2, 0.25) is 5.78 Å². The van der Waals surface area contributed by atoms with Crippen molar-refractivity contribution >= 4 is 5.78 Å². The molecule has 0 spiro atoms. The molecule has 1 aromatic heterocycles. The number of furan rings is 1. The number of ketones is 1. The summed E-state index contributed by atoms with van der Waals surface area (Å²) < 4.78 is 31.3. The van der Waals surface area contributed by atoms with Crippen molar-refractivity contribution in [3.8, 4) is 6.07 Å². The molecule has 2 aromatic rings. The number of benzene rings is 1. The predicted octanol–water partition coefficient (Wildman–Crippen LogP) is 3.36. The summed E-state index contributed by atoms with van der Waals surface area (Å²) in [6.07, 6.45) is 1.32. The monoisotopic (exact) mass is 261 g/mol. The molecule has 96 valence electrons. The molecular formula is C14H9F2NO2. The first-order valence-electron chi connectivity index (χ1n) is 5.47. The van der Waals surface area contributed by atoms with Gasteiger partial charge in [0.1, 0.15) is 17.6 Å². The highest BCUT2D eigenvalue weighted by Gasteiger charge is 2.26. The van der Waals surface area contributed by atoms with Crippen molar-refractivity contribution in [2.75, 3.05) is 0 Å². The molecule has 0 amide bonds. The second kappa shape index (κ2) is 5.02. The Balaban J connectivity index is 2.43. The summed E-state index contributed by atoms with van der Waals surface area (Å²) in [5.41, 5.74) is 0.544.